The van der Waals surface area contributed by atoms with Crippen LogP contribution in [0.1, 0.15) is 29.5 Å². The van der Waals surface area contributed by atoms with Crippen LogP contribution in [0.15, 0.2) is 72.9 Å². The van der Waals surface area contributed by atoms with Gasteiger partial charge in [-0.05, 0) is 103 Å². The van der Waals surface area contributed by atoms with Crippen LogP contribution in [0.2, 0.25) is 0 Å². The molecule has 0 saturated heterocycles. The lowest BCUT2D eigenvalue weighted by Gasteiger charge is -2.31. The number of nitrogens with zero attached hydrogens (tertiary/aromatic N) is 1. The van der Waals surface area contributed by atoms with Crippen molar-refractivity contribution in [1.29, 1.82) is 0 Å². The lowest BCUT2D eigenvalue weighted by Crippen LogP contribution is -2.28. The van der Waals surface area contributed by atoms with Crippen LogP contribution in [0.3, 0.4) is 0 Å². The SMILES string of the molecule is CN(C)CCCC1(c2ccc(F)cc2)OCc2cc(-c3ccc4[nH]ccc4c3)ccc21. The molecule has 3 aromatic carbocycles. The molecule has 4 aromatic rings. The number of aromatic amines is 1. The molecule has 0 spiro atoms. The van der Waals surface area contributed by atoms with Crippen molar-refractivity contribution in [2.45, 2.75) is 25.0 Å². The zero-order valence-electron chi connectivity index (χ0n) is 18.0. The van der Waals surface area contributed by atoms with Gasteiger partial charge in [0.2, 0.25) is 0 Å². The van der Waals surface area contributed by atoms with E-state index in [2.05, 4.69) is 66.4 Å². The predicted molar refractivity (Wildman–Crippen MR) is 123 cm³/mol. The Morgan fingerprint density at radius 1 is 0.968 bits per heavy atom. The summed E-state index contributed by atoms with van der Waals surface area (Å²) in [5, 5.41) is 1.21. The normalized spacial score (nSPS) is 18.1. The Kier molecular flexibility index (Phi) is 5.12. The lowest BCUT2D eigenvalue weighted by atomic mass is 9.81. The van der Waals surface area contributed by atoms with Gasteiger partial charge in [0.15, 0.2) is 0 Å². The third kappa shape index (κ3) is 3.67. The summed E-state index contributed by atoms with van der Waals surface area (Å²) < 4.78 is 20.2. The molecule has 0 aliphatic carbocycles. The van der Waals surface area contributed by atoms with Gasteiger partial charge in [-0.15, -0.1) is 0 Å². The monoisotopic (exact) mass is 414 g/mol. The molecule has 0 radical (unpaired) electrons. The molecular formula is C27H27FN2O. The van der Waals surface area contributed by atoms with Crippen molar-refractivity contribution in [3.8, 4) is 11.1 Å². The summed E-state index contributed by atoms with van der Waals surface area (Å²) in [6.07, 6.45) is 3.82. The molecule has 2 heterocycles. The van der Waals surface area contributed by atoms with Crippen LogP contribution in [0.25, 0.3) is 22.0 Å². The van der Waals surface area contributed by atoms with Crippen LogP contribution < -0.4 is 0 Å². The number of fused-ring (bicyclic) bond motifs is 2. The summed E-state index contributed by atoms with van der Waals surface area (Å²) in [5.41, 5.74) is 6.43. The molecule has 31 heavy (non-hydrogen) atoms. The minimum Gasteiger partial charge on any atom is -0.361 e. The summed E-state index contributed by atoms with van der Waals surface area (Å²) in [7, 11) is 4.17. The quantitative estimate of drug-likeness (QED) is 0.414. The van der Waals surface area contributed by atoms with E-state index in [1.54, 1.807) is 0 Å². The summed E-state index contributed by atoms with van der Waals surface area (Å²) in [5.74, 6) is -0.221. The molecule has 4 heteroatoms. The zero-order chi connectivity index (χ0) is 21.4. The van der Waals surface area contributed by atoms with Gasteiger partial charge in [-0.25, -0.2) is 4.39 Å². The van der Waals surface area contributed by atoms with E-state index in [0.717, 1.165) is 30.5 Å². The highest BCUT2D eigenvalue weighted by Crippen LogP contribution is 2.46. The molecule has 0 amide bonds. The molecule has 1 aromatic heterocycles. The molecule has 0 bridgehead atoms. The molecule has 0 saturated carbocycles. The van der Waals surface area contributed by atoms with Gasteiger partial charge >= 0.3 is 0 Å². The Bertz CT molecular complexity index is 1210. The second-order valence-electron chi connectivity index (χ2n) is 8.68. The molecule has 1 aliphatic heterocycles. The number of nitrogens with one attached hydrogen (secondary N) is 1. The summed E-state index contributed by atoms with van der Waals surface area (Å²) in [4.78, 5) is 5.44. The molecule has 0 fully saturated rings. The largest absolute Gasteiger partial charge is 0.361 e. The lowest BCUT2D eigenvalue weighted by molar-refractivity contribution is -0.0140. The maximum Gasteiger partial charge on any atom is 0.123 e. The van der Waals surface area contributed by atoms with E-state index in [4.69, 9.17) is 4.74 Å². The van der Waals surface area contributed by atoms with Crippen LogP contribution in [0, 0.1) is 5.82 Å². The van der Waals surface area contributed by atoms with Crippen LogP contribution in [0.5, 0.6) is 0 Å². The van der Waals surface area contributed by atoms with Crippen molar-refractivity contribution < 1.29 is 9.13 Å². The fourth-order valence-electron chi connectivity index (χ4n) is 4.75. The second-order valence-corrected chi connectivity index (χ2v) is 8.68. The molecule has 1 N–H and O–H groups in total. The van der Waals surface area contributed by atoms with E-state index in [1.165, 1.54) is 39.8 Å². The van der Waals surface area contributed by atoms with Gasteiger partial charge in [0.25, 0.3) is 0 Å². The minimum absolute atomic E-state index is 0.221. The number of hydrogen-bond acceptors (Lipinski definition) is 2. The third-order valence-corrected chi connectivity index (χ3v) is 6.35. The fraction of sp³-hybridized carbons (Fsp3) is 0.259. The van der Waals surface area contributed by atoms with Crippen molar-refractivity contribution in [1.82, 2.24) is 9.88 Å². The highest BCUT2D eigenvalue weighted by atomic mass is 19.1. The van der Waals surface area contributed by atoms with Gasteiger partial charge in [0, 0.05) is 11.7 Å². The molecule has 158 valence electrons. The highest BCUT2D eigenvalue weighted by molar-refractivity contribution is 5.85. The Morgan fingerprint density at radius 3 is 2.55 bits per heavy atom. The molecule has 1 aliphatic rings. The van der Waals surface area contributed by atoms with Crippen molar-refractivity contribution in [3.63, 3.8) is 0 Å². The van der Waals surface area contributed by atoms with E-state index in [0.29, 0.717) is 6.61 Å². The summed E-state index contributed by atoms with van der Waals surface area (Å²) in [6.45, 7) is 1.55. The molecule has 1 atom stereocenters. The van der Waals surface area contributed by atoms with Crippen LogP contribution in [-0.2, 0) is 16.9 Å². The van der Waals surface area contributed by atoms with Gasteiger partial charge in [0.05, 0.1) is 6.61 Å². The summed E-state index contributed by atoms with van der Waals surface area (Å²) >= 11 is 0. The molecular weight excluding hydrogens is 387 g/mol. The van der Waals surface area contributed by atoms with Gasteiger partial charge in [-0.3, -0.25) is 0 Å². The number of aromatic nitrogens is 1. The average molecular weight is 415 g/mol. The van der Waals surface area contributed by atoms with Crippen molar-refractivity contribution in [2.24, 2.45) is 0 Å². The van der Waals surface area contributed by atoms with Crippen molar-refractivity contribution >= 4 is 10.9 Å². The van der Waals surface area contributed by atoms with Gasteiger partial charge in [-0.1, -0.05) is 30.3 Å². The number of rotatable bonds is 6. The van der Waals surface area contributed by atoms with Crippen molar-refractivity contribution in [3.05, 3.63) is 95.4 Å². The maximum absolute atomic E-state index is 13.6. The highest BCUT2D eigenvalue weighted by Gasteiger charge is 2.41. The van der Waals surface area contributed by atoms with E-state index >= 15 is 0 Å². The van der Waals surface area contributed by atoms with E-state index in [9.17, 15) is 4.39 Å². The first kappa shape index (κ1) is 20.0. The van der Waals surface area contributed by atoms with E-state index in [-0.39, 0.29) is 5.82 Å². The van der Waals surface area contributed by atoms with Gasteiger partial charge < -0.3 is 14.6 Å². The van der Waals surface area contributed by atoms with Crippen LogP contribution >= 0.6 is 0 Å². The van der Waals surface area contributed by atoms with Crippen molar-refractivity contribution in [2.75, 3.05) is 20.6 Å². The van der Waals surface area contributed by atoms with Gasteiger partial charge in [-0.2, -0.15) is 0 Å². The Morgan fingerprint density at radius 2 is 1.74 bits per heavy atom. The number of H-pyrrole nitrogens is 1. The smallest absolute Gasteiger partial charge is 0.123 e. The van der Waals surface area contributed by atoms with Gasteiger partial charge in [0.1, 0.15) is 11.4 Å². The Hall–Kier alpha value is -2.95. The maximum atomic E-state index is 13.6. The number of benzene rings is 3. The third-order valence-electron chi connectivity index (χ3n) is 6.35. The first-order valence-electron chi connectivity index (χ1n) is 10.8. The fourth-order valence-corrected chi connectivity index (χ4v) is 4.75. The predicted octanol–water partition coefficient (Wildman–Crippen LogP) is 6.09. The number of ether oxygens (including phenoxy) is 1. The first-order valence-corrected chi connectivity index (χ1v) is 10.8. The molecule has 1 unspecified atom stereocenters. The Labute approximate surface area is 182 Å². The summed E-state index contributed by atoms with van der Waals surface area (Å²) in [6, 6.07) is 22.0. The average Bonchev–Trinajstić information content (AvgIpc) is 3.38. The van der Waals surface area contributed by atoms with E-state index < -0.39 is 5.60 Å². The van der Waals surface area contributed by atoms with Crippen LogP contribution in [-0.4, -0.2) is 30.5 Å². The topological polar surface area (TPSA) is 28.3 Å². The number of hydrogen-bond donors (Lipinski definition) is 1. The van der Waals surface area contributed by atoms with E-state index in [1.807, 2.05) is 18.3 Å². The zero-order valence-corrected chi connectivity index (χ0v) is 18.0. The second kappa shape index (κ2) is 7.95. The minimum atomic E-state index is -0.526. The first-order chi connectivity index (χ1) is 15.0. The van der Waals surface area contributed by atoms with Crippen LogP contribution in [0.4, 0.5) is 4.39 Å². The standard InChI is InChI=1S/C27H27FN2O/c1-30(2)15-3-13-27(23-6-8-24(28)9-7-23)25-10-4-19(17-22(25)18-31-27)20-5-11-26-21(16-20)12-14-29-26/h4-12,14,16-17,29H,3,13,15,18H2,1-2H3. The number of halogens is 1. The Balaban J connectivity index is 1.54. The molecule has 5 rings (SSSR count). The molecule has 3 nitrogen and oxygen atoms in total.